The van der Waals surface area contributed by atoms with E-state index in [0.717, 1.165) is 44.8 Å². The minimum Gasteiger partial charge on any atom is -0.309 e. The third kappa shape index (κ3) is 4.54. The van der Waals surface area contributed by atoms with Gasteiger partial charge >= 0.3 is 0 Å². The van der Waals surface area contributed by atoms with Gasteiger partial charge < -0.3 is 4.57 Å². The first-order valence-electron chi connectivity index (χ1n) is 20.4. The molecule has 1 aliphatic carbocycles. The molecule has 59 heavy (non-hydrogen) atoms. The maximum absolute atomic E-state index is 5.47. The SMILES string of the molecule is CC1(C)c2ccccc2-c2ccc(-c3nc4ccccc4nc3-n3c4ccccc4c4cc5cc(-n6c7ccccc7c7cc8ccccc8cc76)ccc5cc43)cc21. The Bertz CT molecular complexity index is 3770. The number of rotatable bonds is 3. The molecule has 0 saturated carbocycles. The van der Waals surface area contributed by atoms with Gasteiger partial charge in [0.2, 0.25) is 0 Å². The number of hydrogen-bond donors (Lipinski definition) is 0. The summed E-state index contributed by atoms with van der Waals surface area (Å²) in [5.74, 6) is 0.830. The number of fused-ring (bicyclic) bond motifs is 12. The molecule has 1 aliphatic rings. The summed E-state index contributed by atoms with van der Waals surface area (Å²) in [5.41, 5.74) is 14.6. The molecule has 9 aromatic carbocycles. The molecule has 3 aromatic heterocycles. The predicted octanol–water partition coefficient (Wildman–Crippen LogP) is 14.1. The zero-order valence-corrected chi connectivity index (χ0v) is 32.6. The van der Waals surface area contributed by atoms with E-state index >= 15 is 0 Å². The zero-order chi connectivity index (χ0) is 39.0. The predicted molar refractivity (Wildman–Crippen MR) is 246 cm³/mol. The Labute approximate surface area is 340 Å². The molecule has 0 fully saturated rings. The second-order valence-corrected chi connectivity index (χ2v) is 16.6. The Morgan fingerprint density at radius 2 is 0.966 bits per heavy atom. The number of hydrogen-bond acceptors (Lipinski definition) is 2. The lowest BCUT2D eigenvalue weighted by Crippen LogP contribution is -2.15. The number of aromatic nitrogens is 4. The molecule has 0 aliphatic heterocycles. The average Bonchev–Trinajstić information content (AvgIpc) is 3.86. The Hall–Kier alpha value is -7.56. The molecule has 0 radical (unpaired) electrons. The molecule has 0 atom stereocenters. The smallest absolute Gasteiger partial charge is 0.165 e. The fourth-order valence-electron chi connectivity index (χ4n) is 10.2. The largest absolute Gasteiger partial charge is 0.309 e. The van der Waals surface area contributed by atoms with E-state index < -0.39 is 0 Å². The number of benzene rings is 9. The molecule has 0 amide bonds. The van der Waals surface area contributed by atoms with Crippen molar-refractivity contribution in [2.24, 2.45) is 0 Å². The molecular weight excluding hydrogens is 717 g/mol. The van der Waals surface area contributed by atoms with Crippen molar-refractivity contribution in [2.75, 3.05) is 0 Å². The van der Waals surface area contributed by atoms with E-state index in [2.05, 4.69) is 193 Å². The quantitative estimate of drug-likeness (QED) is 0.180. The molecule has 4 nitrogen and oxygen atoms in total. The topological polar surface area (TPSA) is 35.6 Å². The van der Waals surface area contributed by atoms with Gasteiger partial charge in [-0.3, -0.25) is 4.57 Å². The highest BCUT2D eigenvalue weighted by Crippen LogP contribution is 2.50. The van der Waals surface area contributed by atoms with Gasteiger partial charge in [-0.25, -0.2) is 9.97 Å². The normalized spacial score (nSPS) is 13.4. The summed E-state index contributed by atoms with van der Waals surface area (Å²) in [7, 11) is 0. The van der Waals surface area contributed by atoms with Crippen LogP contribution in [0.1, 0.15) is 25.0 Å². The molecule has 0 unspecified atom stereocenters. The van der Waals surface area contributed by atoms with Gasteiger partial charge in [0.25, 0.3) is 0 Å². The van der Waals surface area contributed by atoms with Crippen molar-refractivity contribution < 1.29 is 0 Å². The minimum atomic E-state index is -0.135. The monoisotopic (exact) mass is 752 g/mol. The highest BCUT2D eigenvalue weighted by atomic mass is 15.1. The molecule has 13 rings (SSSR count). The van der Waals surface area contributed by atoms with Crippen LogP contribution >= 0.6 is 0 Å². The first-order chi connectivity index (χ1) is 29.0. The van der Waals surface area contributed by atoms with Crippen LogP contribution in [-0.4, -0.2) is 19.1 Å². The van der Waals surface area contributed by atoms with Crippen LogP contribution < -0.4 is 0 Å². The van der Waals surface area contributed by atoms with Gasteiger partial charge in [0.05, 0.1) is 33.1 Å². The molecule has 0 bridgehead atoms. The average molecular weight is 753 g/mol. The van der Waals surface area contributed by atoms with Gasteiger partial charge in [0.15, 0.2) is 5.82 Å². The summed E-state index contributed by atoms with van der Waals surface area (Å²) >= 11 is 0. The highest BCUT2D eigenvalue weighted by Gasteiger charge is 2.35. The summed E-state index contributed by atoms with van der Waals surface area (Å²) in [6, 6.07) is 66.4. The van der Waals surface area contributed by atoms with Crippen LogP contribution in [0.4, 0.5) is 0 Å². The summed E-state index contributed by atoms with van der Waals surface area (Å²) in [5, 5.41) is 9.75. The standard InChI is InChI=1S/C55H36N4/c1-55(2)45-18-8-5-15-39(45)40-26-24-36(30-46(40)55)53-54(57-48-20-10-9-19-47(48)56-53)59-50-22-12-7-17-42(50)44-29-37-27-38(25-23-35(37)32-52(44)59)58-49-21-11-6-16-41(49)43-28-33-13-3-4-14-34(33)31-51(43)58/h3-32H,1-2H3. The number of nitrogens with zero attached hydrogens (tertiary/aromatic N) is 4. The molecule has 12 aromatic rings. The van der Waals surface area contributed by atoms with Gasteiger partial charge in [-0.1, -0.05) is 129 Å². The van der Waals surface area contributed by atoms with Crippen molar-refractivity contribution in [1.82, 2.24) is 19.1 Å². The van der Waals surface area contributed by atoms with Crippen LogP contribution in [0.2, 0.25) is 0 Å². The molecule has 276 valence electrons. The summed E-state index contributed by atoms with van der Waals surface area (Å²) in [6.07, 6.45) is 0. The van der Waals surface area contributed by atoms with E-state index in [0.29, 0.717) is 0 Å². The van der Waals surface area contributed by atoms with Crippen molar-refractivity contribution in [3.05, 3.63) is 193 Å². The van der Waals surface area contributed by atoms with Crippen LogP contribution in [0, 0.1) is 0 Å². The molecule has 0 spiro atoms. The first-order valence-corrected chi connectivity index (χ1v) is 20.4. The van der Waals surface area contributed by atoms with Crippen LogP contribution in [0.5, 0.6) is 0 Å². The van der Waals surface area contributed by atoms with Gasteiger partial charge in [-0.05, 0) is 111 Å². The molecule has 3 heterocycles. The van der Waals surface area contributed by atoms with E-state index in [4.69, 9.17) is 9.97 Å². The van der Waals surface area contributed by atoms with E-state index in [9.17, 15) is 0 Å². The van der Waals surface area contributed by atoms with Gasteiger partial charge in [0, 0.05) is 38.2 Å². The Balaban J connectivity index is 1.05. The van der Waals surface area contributed by atoms with E-state index in [-0.39, 0.29) is 5.41 Å². The third-order valence-electron chi connectivity index (χ3n) is 13.0. The fourth-order valence-corrected chi connectivity index (χ4v) is 10.2. The number of para-hydroxylation sites is 4. The van der Waals surface area contributed by atoms with Gasteiger partial charge in [-0.2, -0.15) is 0 Å². The van der Waals surface area contributed by atoms with Crippen molar-refractivity contribution in [3.63, 3.8) is 0 Å². The van der Waals surface area contributed by atoms with E-state index in [1.165, 1.54) is 76.4 Å². The van der Waals surface area contributed by atoms with Crippen molar-refractivity contribution in [1.29, 1.82) is 0 Å². The lowest BCUT2D eigenvalue weighted by molar-refractivity contribution is 0.660. The highest BCUT2D eigenvalue weighted by molar-refractivity contribution is 6.16. The van der Waals surface area contributed by atoms with Gasteiger partial charge in [0.1, 0.15) is 5.69 Å². The molecule has 0 N–H and O–H groups in total. The molecular formula is C55H36N4. The minimum absolute atomic E-state index is 0.135. The first kappa shape index (κ1) is 32.5. The van der Waals surface area contributed by atoms with Crippen molar-refractivity contribution in [3.8, 4) is 33.9 Å². The maximum atomic E-state index is 5.47. The second-order valence-electron chi connectivity index (χ2n) is 16.6. The van der Waals surface area contributed by atoms with Crippen LogP contribution in [0.3, 0.4) is 0 Å². The van der Waals surface area contributed by atoms with E-state index in [1.54, 1.807) is 0 Å². The summed E-state index contributed by atoms with van der Waals surface area (Å²) in [4.78, 5) is 10.9. The zero-order valence-electron chi connectivity index (χ0n) is 32.6. The Kier molecular flexibility index (Phi) is 6.48. The fraction of sp³-hybridized carbons (Fsp3) is 0.0545. The van der Waals surface area contributed by atoms with Gasteiger partial charge in [-0.15, -0.1) is 0 Å². The van der Waals surface area contributed by atoms with Crippen molar-refractivity contribution in [2.45, 2.75) is 19.3 Å². The lowest BCUT2D eigenvalue weighted by atomic mass is 9.82. The van der Waals surface area contributed by atoms with E-state index in [1.807, 2.05) is 12.1 Å². The van der Waals surface area contributed by atoms with Crippen LogP contribution in [0.15, 0.2) is 182 Å². The summed E-state index contributed by atoms with van der Waals surface area (Å²) in [6.45, 7) is 4.67. The molecule has 0 saturated heterocycles. The third-order valence-corrected chi connectivity index (χ3v) is 13.0. The summed E-state index contributed by atoms with van der Waals surface area (Å²) < 4.78 is 4.77. The Morgan fingerprint density at radius 1 is 0.390 bits per heavy atom. The van der Waals surface area contributed by atoms with Crippen molar-refractivity contribution >= 4 is 76.2 Å². The lowest BCUT2D eigenvalue weighted by Gasteiger charge is -2.22. The molecule has 4 heteroatoms. The van der Waals surface area contributed by atoms with Crippen LogP contribution in [-0.2, 0) is 5.41 Å². The Morgan fingerprint density at radius 3 is 1.75 bits per heavy atom. The van der Waals surface area contributed by atoms with Crippen LogP contribution in [0.25, 0.3) is 110 Å². The maximum Gasteiger partial charge on any atom is 0.165 e. The second kappa shape index (κ2) is 11.7.